The molecule has 0 atom stereocenters. The van der Waals surface area contributed by atoms with Gasteiger partial charge in [-0.3, -0.25) is 9.59 Å². The third-order valence-corrected chi connectivity index (χ3v) is 6.18. The second kappa shape index (κ2) is 8.10. The van der Waals surface area contributed by atoms with Crippen LogP contribution in [0.1, 0.15) is 20.0 Å². The molecule has 0 saturated heterocycles. The normalized spacial score (nSPS) is 10.3. The number of rotatable bonds is 5. The van der Waals surface area contributed by atoms with Gasteiger partial charge in [0, 0.05) is 28.1 Å². The van der Waals surface area contributed by atoms with E-state index in [1.165, 1.54) is 11.3 Å². The van der Waals surface area contributed by atoms with E-state index in [0.717, 1.165) is 8.26 Å². The van der Waals surface area contributed by atoms with Crippen molar-refractivity contribution in [2.75, 3.05) is 13.1 Å². The van der Waals surface area contributed by atoms with Crippen LogP contribution < -0.4 is 10.6 Å². The van der Waals surface area contributed by atoms with E-state index in [9.17, 15) is 9.59 Å². The first kappa shape index (κ1) is 17.5. The van der Waals surface area contributed by atoms with Crippen LogP contribution in [-0.4, -0.2) is 24.9 Å². The van der Waals surface area contributed by atoms with Gasteiger partial charge in [0.05, 0.1) is 8.66 Å². The molecule has 0 bridgehead atoms. The third-order valence-electron chi connectivity index (χ3n) is 2.67. The summed E-state index contributed by atoms with van der Waals surface area (Å²) >= 11 is 13.8. The fraction of sp³-hybridized carbons (Fsp3) is 0.143. The molecule has 4 nitrogen and oxygen atoms in total. The number of nitrogens with one attached hydrogen (secondary N) is 2. The predicted molar refractivity (Wildman–Crippen MR) is 95.8 cm³/mol. The Labute approximate surface area is 153 Å². The minimum atomic E-state index is -0.201. The van der Waals surface area contributed by atoms with Crippen molar-refractivity contribution in [2.45, 2.75) is 0 Å². The summed E-state index contributed by atoms with van der Waals surface area (Å²) in [4.78, 5) is 24.3. The molecule has 0 aliphatic rings. The molecule has 2 aromatic rings. The van der Waals surface area contributed by atoms with Crippen LogP contribution in [0.3, 0.4) is 0 Å². The van der Waals surface area contributed by atoms with Crippen molar-refractivity contribution in [1.82, 2.24) is 10.6 Å². The largest absolute Gasteiger partial charge is 0.350 e. The summed E-state index contributed by atoms with van der Waals surface area (Å²) in [5, 5.41) is 6.06. The van der Waals surface area contributed by atoms with Gasteiger partial charge in [-0.1, -0.05) is 11.6 Å². The lowest BCUT2D eigenvalue weighted by Crippen LogP contribution is -2.34. The summed E-state index contributed by atoms with van der Waals surface area (Å²) in [6.07, 6.45) is 0. The van der Waals surface area contributed by atoms with Crippen LogP contribution in [0.25, 0.3) is 0 Å². The lowest BCUT2D eigenvalue weighted by Gasteiger charge is -2.06. The lowest BCUT2D eigenvalue weighted by atomic mass is 10.2. The number of thiophene rings is 1. The van der Waals surface area contributed by atoms with E-state index in [1.807, 2.05) is 0 Å². The standard InChI is InChI=1S/C14H11Br2ClN2O2S/c15-10-7-11(22-12(10)16)14(21)19-6-5-18-13(20)8-1-3-9(17)4-2-8/h1-4,7H,5-6H2,(H,18,20)(H,19,21). The highest BCUT2D eigenvalue weighted by Crippen LogP contribution is 2.32. The second-order valence-electron chi connectivity index (χ2n) is 4.25. The SMILES string of the molecule is O=C(NCCNC(=O)c1cc(Br)c(Br)s1)c1ccc(Cl)cc1. The van der Waals surface area contributed by atoms with Crippen LogP contribution in [0.4, 0.5) is 0 Å². The van der Waals surface area contributed by atoms with Crippen molar-refractivity contribution in [3.8, 4) is 0 Å². The monoisotopic (exact) mass is 464 g/mol. The summed E-state index contributed by atoms with van der Waals surface area (Å²) in [5.41, 5.74) is 0.529. The van der Waals surface area contributed by atoms with Gasteiger partial charge in [0.2, 0.25) is 0 Å². The number of hydrogen-bond donors (Lipinski definition) is 2. The highest BCUT2D eigenvalue weighted by atomic mass is 79.9. The summed E-state index contributed by atoms with van der Waals surface area (Å²) in [6.45, 7) is 0.701. The van der Waals surface area contributed by atoms with Gasteiger partial charge < -0.3 is 10.6 Å². The van der Waals surface area contributed by atoms with E-state index in [4.69, 9.17) is 11.6 Å². The number of amides is 2. The zero-order chi connectivity index (χ0) is 16.1. The molecule has 2 amide bonds. The van der Waals surface area contributed by atoms with Gasteiger partial charge >= 0.3 is 0 Å². The second-order valence-corrected chi connectivity index (χ2v) is 7.91. The summed E-state index contributed by atoms with van der Waals surface area (Å²) in [7, 11) is 0. The zero-order valence-corrected chi connectivity index (χ0v) is 15.9. The smallest absolute Gasteiger partial charge is 0.261 e. The van der Waals surface area contributed by atoms with Crippen molar-refractivity contribution >= 4 is 66.6 Å². The molecule has 0 aliphatic carbocycles. The van der Waals surface area contributed by atoms with Crippen molar-refractivity contribution in [3.05, 3.63) is 54.1 Å². The first-order chi connectivity index (χ1) is 10.5. The molecule has 1 aromatic heterocycles. The van der Waals surface area contributed by atoms with Gasteiger partial charge in [0.25, 0.3) is 11.8 Å². The molecule has 2 N–H and O–H groups in total. The van der Waals surface area contributed by atoms with Gasteiger partial charge in [0.1, 0.15) is 0 Å². The van der Waals surface area contributed by atoms with Crippen molar-refractivity contribution < 1.29 is 9.59 Å². The zero-order valence-electron chi connectivity index (χ0n) is 11.2. The minimum Gasteiger partial charge on any atom is -0.350 e. The van der Waals surface area contributed by atoms with E-state index in [1.54, 1.807) is 30.3 Å². The molecule has 1 heterocycles. The minimum absolute atomic E-state index is 0.169. The Morgan fingerprint density at radius 2 is 1.64 bits per heavy atom. The fourth-order valence-corrected chi connectivity index (χ4v) is 3.68. The average molecular weight is 467 g/mol. The van der Waals surface area contributed by atoms with Crippen LogP contribution in [0.5, 0.6) is 0 Å². The molecule has 0 spiro atoms. The van der Waals surface area contributed by atoms with Crippen LogP contribution in [-0.2, 0) is 0 Å². The van der Waals surface area contributed by atoms with Gasteiger partial charge in [-0.05, 0) is 62.2 Å². The number of hydrogen-bond acceptors (Lipinski definition) is 3. The molecule has 0 fully saturated rings. The molecule has 0 aliphatic heterocycles. The average Bonchev–Trinajstić information content (AvgIpc) is 2.83. The molecule has 0 radical (unpaired) electrons. The van der Waals surface area contributed by atoms with Crippen molar-refractivity contribution in [3.63, 3.8) is 0 Å². The Bertz CT molecular complexity index is 669. The van der Waals surface area contributed by atoms with Gasteiger partial charge in [-0.25, -0.2) is 0 Å². The maximum atomic E-state index is 11.9. The molecular formula is C14H11Br2ClN2O2S. The maximum Gasteiger partial charge on any atom is 0.261 e. The Balaban J connectivity index is 1.76. The van der Waals surface area contributed by atoms with E-state index in [0.29, 0.717) is 28.6 Å². The predicted octanol–water partition coefficient (Wildman–Crippen LogP) is 4.09. The molecule has 1 aromatic carbocycles. The number of halogens is 3. The summed E-state index contributed by atoms with van der Waals surface area (Å²) in [6, 6.07) is 8.36. The first-order valence-electron chi connectivity index (χ1n) is 6.24. The quantitative estimate of drug-likeness (QED) is 0.653. The Morgan fingerprint density at radius 3 is 2.18 bits per heavy atom. The third kappa shape index (κ3) is 4.81. The van der Waals surface area contributed by atoms with Crippen LogP contribution >= 0.6 is 54.8 Å². The summed E-state index contributed by atoms with van der Waals surface area (Å²) < 4.78 is 1.72. The maximum absolute atomic E-state index is 11.9. The highest BCUT2D eigenvalue weighted by Gasteiger charge is 2.11. The molecule has 22 heavy (non-hydrogen) atoms. The van der Waals surface area contributed by atoms with E-state index in [2.05, 4.69) is 42.5 Å². The first-order valence-corrected chi connectivity index (χ1v) is 9.02. The van der Waals surface area contributed by atoms with Crippen LogP contribution in [0, 0.1) is 0 Å². The van der Waals surface area contributed by atoms with E-state index >= 15 is 0 Å². The van der Waals surface area contributed by atoms with Gasteiger partial charge in [-0.15, -0.1) is 11.3 Å². The Morgan fingerprint density at radius 1 is 1.05 bits per heavy atom. The number of carbonyl (C=O) groups excluding carboxylic acids is 2. The number of carbonyl (C=O) groups is 2. The Hall–Kier alpha value is -0.890. The molecular weight excluding hydrogens is 455 g/mol. The highest BCUT2D eigenvalue weighted by molar-refractivity contribution is 9.13. The molecule has 2 rings (SSSR count). The topological polar surface area (TPSA) is 58.2 Å². The molecule has 0 saturated carbocycles. The van der Waals surface area contributed by atoms with Gasteiger partial charge in [0.15, 0.2) is 0 Å². The molecule has 0 unspecified atom stereocenters. The summed E-state index contributed by atoms with van der Waals surface area (Å²) in [5.74, 6) is -0.371. The number of benzene rings is 1. The molecule has 8 heteroatoms. The van der Waals surface area contributed by atoms with E-state index in [-0.39, 0.29) is 11.8 Å². The van der Waals surface area contributed by atoms with Crippen molar-refractivity contribution in [1.29, 1.82) is 0 Å². The lowest BCUT2D eigenvalue weighted by molar-refractivity contribution is 0.0929. The van der Waals surface area contributed by atoms with Gasteiger partial charge in [-0.2, -0.15) is 0 Å². The molecule has 116 valence electrons. The van der Waals surface area contributed by atoms with Crippen molar-refractivity contribution in [2.24, 2.45) is 0 Å². The Kier molecular flexibility index (Phi) is 6.43. The van der Waals surface area contributed by atoms with Crippen LogP contribution in [0.15, 0.2) is 38.6 Å². The fourth-order valence-electron chi connectivity index (χ4n) is 1.60. The van der Waals surface area contributed by atoms with Crippen LogP contribution in [0.2, 0.25) is 5.02 Å². The van der Waals surface area contributed by atoms with E-state index < -0.39 is 0 Å².